The molecule has 4 nitrogen and oxygen atoms in total. The molecule has 1 saturated carbocycles. The molecule has 1 amide bonds. The van der Waals surface area contributed by atoms with Crippen molar-refractivity contribution in [2.75, 3.05) is 12.3 Å². The first-order valence-electron chi connectivity index (χ1n) is 6.50. The minimum Gasteiger partial charge on any atom is -0.354 e. The van der Waals surface area contributed by atoms with Gasteiger partial charge >= 0.3 is 0 Å². The summed E-state index contributed by atoms with van der Waals surface area (Å²) in [5.41, 5.74) is 3.18. The lowest BCUT2D eigenvalue weighted by atomic mass is 9.96. The summed E-state index contributed by atoms with van der Waals surface area (Å²) in [6.45, 7) is 0.729. The average molecular weight is 305 g/mol. The Bertz CT molecular complexity index is 567. The largest absolute Gasteiger partial charge is 0.354 e. The number of aromatic nitrogens is 2. The Balaban J connectivity index is 1.48. The van der Waals surface area contributed by atoms with E-state index in [0.29, 0.717) is 5.75 Å². The van der Waals surface area contributed by atoms with Gasteiger partial charge in [0, 0.05) is 12.0 Å². The fourth-order valence-corrected chi connectivity index (χ4v) is 3.50. The van der Waals surface area contributed by atoms with Gasteiger partial charge in [-0.2, -0.15) is 0 Å². The maximum absolute atomic E-state index is 11.9. The van der Waals surface area contributed by atoms with Gasteiger partial charge in [0.2, 0.25) is 5.91 Å². The predicted molar refractivity (Wildman–Crippen MR) is 81.0 cm³/mol. The molecule has 20 heavy (non-hydrogen) atoms. The first kappa shape index (κ1) is 13.6. The zero-order chi connectivity index (χ0) is 13.8. The second-order valence-corrected chi connectivity index (χ2v) is 6.97. The molecule has 0 bridgehead atoms. The highest BCUT2D eigenvalue weighted by atomic mass is 32.2. The number of carbonyl (C=O) groups is 1. The van der Waals surface area contributed by atoms with Gasteiger partial charge in [-0.25, -0.2) is 0 Å². The number of hydrogen-bond donors (Lipinski definition) is 1. The number of nitrogens with zero attached hydrogens (tertiary/aromatic N) is 2. The SMILES string of the molecule is O=C(CSc1nncs1)NCC1(c2ccccc2)CC1. The van der Waals surface area contributed by atoms with Crippen LogP contribution in [-0.4, -0.2) is 28.4 Å². The minimum absolute atomic E-state index is 0.0624. The molecule has 1 N–H and O–H groups in total. The van der Waals surface area contributed by atoms with E-state index < -0.39 is 0 Å². The highest BCUT2D eigenvalue weighted by molar-refractivity contribution is 8.01. The van der Waals surface area contributed by atoms with Crippen molar-refractivity contribution >= 4 is 29.0 Å². The molecule has 1 fully saturated rings. The van der Waals surface area contributed by atoms with Crippen LogP contribution >= 0.6 is 23.1 Å². The summed E-state index contributed by atoms with van der Waals surface area (Å²) in [6, 6.07) is 10.4. The van der Waals surface area contributed by atoms with Crippen molar-refractivity contribution in [2.24, 2.45) is 0 Å². The highest BCUT2D eigenvalue weighted by Gasteiger charge is 2.44. The Hall–Kier alpha value is -1.40. The van der Waals surface area contributed by atoms with E-state index in [2.05, 4.69) is 39.8 Å². The number of nitrogens with one attached hydrogen (secondary N) is 1. The molecule has 0 atom stereocenters. The zero-order valence-corrected chi connectivity index (χ0v) is 12.5. The summed E-state index contributed by atoms with van der Waals surface area (Å²) in [4.78, 5) is 11.9. The van der Waals surface area contributed by atoms with Gasteiger partial charge in [0.15, 0.2) is 4.34 Å². The van der Waals surface area contributed by atoms with Crippen molar-refractivity contribution in [1.82, 2.24) is 15.5 Å². The van der Waals surface area contributed by atoms with Gasteiger partial charge < -0.3 is 5.32 Å². The van der Waals surface area contributed by atoms with Crippen LogP contribution in [0.4, 0.5) is 0 Å². The van der Waals surface area contributed by atoms with Gasteiger partial charge in [-0.05, 0) is 18.4 Å². The lowest BCUT2D eigenvalue weighted by Crippen LogP contribution is -2.33. The van der Waals surface area contributed by atoms with Crippen LogP contribution in [0.15, 0.2) is 40.2 Å². The van der Waals surface area contributed by atoms with E-state index in [9.17, 15) is 4.79 Å². The smallest absolute Gasteiger partial charge is 0.230 e. The summed E-state index contributed by atoms with van der Waals surface area (Å²) < 4.78 is 0.837. The van der Waals surface area contributed by atoms with Crippen LogP contribution in [0.1, 0.15) is 18.4 Å². The summed E-state index contributed by atoms with van der Waals surface area (Å²) in [6.07, 6.45) is 2.31. The van der Waals surface area contributed by atoms with Gasteiger partial charge in [-0.3, -0.25) is 4.79 Å². The summed E-state index contributed by atoms with van der Waals surface area (Å²) >= 11 is 2.89. The van der Waals surface area contributed by atoms with E-state index in [1.54, 1.807) is 5.51 Å². The normalized spacial score (nSPS) is 15.8. The standard InChI is InChI=1S/C14H15N3OS2/c18-12(8-19-13-17-16-10-20-13)15-9-14(6-7-14)11-4-2-1-3-5-11/h1-5,10H,6-9H2,(H,15,18). The molecule has 0 aliphatic heterocycles. The van der Waals surface area contributed by atoms with E-state index in [-0.39, 0.29) is 11.3 Å². The molecule has 1 aliphatic carbocycles. The molecule has 0 radical (unpaired) electrons. The molecule has 1 aromatic heterocycles. The number of benzene rings is 1. The molecule has 1 aromatic carbocycles. The summed E-state index contributed by atoms with van der Waals surface area (Å²) in [5.74, 6) is 0.465. The van der Waals surface area contributed by atoms with Crippen molar-refractivity contribution in [3.63, 3.8) is 0 Å². The van der Waals surface area contributed by atoms with E-state index in [4.69, 9.17) is 0 Å². The fourth-order valence-electron chi connectivity index (χ4n) is 2.18. The van der Waals surface area contributed by atoms with Gasteiger partial charge in [0.1, 0.15) is 5.51 Å². The lowest BCUT2D eigenvalue weighted by Gasteiger charge is -2.16. The average Bonchev–Trinajstić information content (AvgIpc) is 3.11. The topological polar surface area (TPSA) is 54.9 Å². The first-order chi connectivity index (χ1) is 9.78. The third kappa shape index (κ3) is 3.19. The Morgan fingerprint density at radius 3 is 2.80 bits per heavy atom. The third-order valence-electron chi connectivity index (χ3n) is 3.53. The predicted octanol–water partition coefficient (Wildman–Crippen LogP) is 2.48. The van der Waals surface area contributed by atoms with Crippen LogP contribution in [-0.2, 0) is 10.2 Å². The Labute approximate surface area is 126 Å². The van der Waals surface area contributed by atoms with E-state index in [1.807, 2.05) is 6.07 Å². The van der Waals surface area contributed by atoms with E-state index in [1.165, 1.54) is 28.7 Å². The molecule has 3 rings (SSSR count). The van der Waals surface area contributed by atoms with E-state index >= 15 is 0 Å². The fraction of sp³-hybridized carbons (Fsp3) is 0.357. The third-order valence-corrected chi connectivity index (χ3v) is 5.39. The number of amides is 1. The quantitative estimate of drug-likeness (QED) is 0.833. The monoisotopic (exact) mass is 305 g/mol. The minimum atomic E-state index is 0.0624. The van der Waals surface area contributed by atoms with Crippen LogP contribution in [0.3, 0.4) is 0 Å². The van der Waals surface area contributed by atoms with E-state index in [0.717, 1.165) is 23.7 Å². The van der Waals surface area contributed by atoms with Crippen LogP contribution in [0.5, 0.6) is 0 Å². The Morgan fingerprint density at radius 1 is 1.35 bits per heavy atom. The molecular formula is C14H15N3OS2. The maximum atomic E-state index is 11.9. The molecule has 0 saturated heterocycles. The summed E-state index contributed by atoms with van der Waals surface area (Å²) in [5, 5.41) is 10.7. The van der Waals surface area contributed by atoms with Crippen LogP contribution in [0.25, 0.3) is 0 Å². The van der Waals surface area contributed by atoms with Crippen molar-refractivity contribution in [3.05, 3.63) is 41.4 Å². The van der Waals surface area contributed by atoms with Crippen molar-refractivity contribution < 1.29 is 4.79 Å². The molecule has 1 aliphatic rings. The highest BCUT2D eigenvalue weighted by Crippen LogP contribution is 2.47. The molecule has 6 heteroatoms. The number of thioether (sulfide) groups is 1. The number of rotatable bonds is 6. The lowest BCUT2D eigenvalue weighted by molar-refractivity contribution is -0.118. The van der Waals surface area contributed by atoms with Crippen LogP contribution in [0, 0.1) is 0 Å². The summed E-state index contributed by atoms with van der Waals surface area (Å²) in [7, 11) is 0. The van der Waals surface area contributed by atoms with Crippen molar-refractivity contribution in [2.45, 2.75) is 22.6 Å². The van der Waals surface area contributed by atoms with Gasteiger partial charge in [0.05, 0.1) is 5.75 Å². The van der Waals surface area contributed by atoms with Crippen molar-refractivity contribution in [1.29, 1.82) is 0 Å². The second kappa shape index (κ2) is 5.93. The van der Waals surface area contributed by atoms with Gasteiger partial charge in [-0.1, -0.05) is 53.4 Å². The molecule has 0 unspecified atom stereocenters. The Morgan fingerprint density at radius 2 is 2.15 bits per heavy atom. The van der Waals surface area contributed by atoms with Crippen LogP contribution in [0.2, 0.25) is 0 Å². The second-order valence-electron chi connectivity index (χ2n) is 4.92. The molecule has 104 valence electrons. The van der Waals surface area contributed by atoms with Gasteiger partial charge in [0.25, 0.3) is 0 Å². The first-order valence-corrected chi connectivity index (χ1v) is 8.36. The molecule has 2 aromatic rings. The number of carbonyl (C=O) groups excluding carboxylic acids is 1. The molecule has 0 spiro atoms. The molecular weight excluding hydrogens is 290 g/mol. The van der Waals surface area contributed by atoms with Crippen molar-refractivity contribution in [3.8, 4) is 0 Å². The van der Waals surface area contributed by atoms with Gasteiger partial charge in [-0.15, -0.1) is 10.2 Å². The maximum Gasteiger partial charge on any atom is 0.230 e. The van der Waals surface area contributed by atoms with Crippen LogP contribution < -0.4 is 5.32 Å². The number of hydrogen-bond acceptors (Lipinski definition) is 5. The zero-order valence-electron chi connectivity index (χ0n) is 10.9. The Kier molecular flexibility index (Phi) is 4.03. The molecule has 1 heterocycles.